The van der Waals surface area contributed by atoms with Crippen molar-refractivity contribution < 1.29 is 9.59 Å². The van der Waals surface area contributed by atoms with Gasteiger partial charge in [-0.1, -0.05) is 30.3 Å². The second-order valence-electron chi connectivity index (χ2n) is 6.45. The monoisotopic (exact) mass is 297 g/mol. The van der Waals surface area contributed by atoms with Gasteiger partial charge in [-0.3, -0.25) is 9.59 Å². The van der Waals surface area contributed by atoms with E-state index in [4.69, 9.17) is 4.99 Å². The number of carbonyl (C=O) groups is 2. The van der Waals surface area contributed by atoms with Gasteiger partial charge in [-0.2, -0.15) is 0 Å². The molecule has 2 amide bonds. The van der Waals surface area contributed by atoms with E-state index in [1.165, 1.54) is 0 Å². The second-order valence-corrected chi connectivity index (χ2v) is 6.45. The van der Waals surface area contributed by atoms with E-state index in [0.29, 0.717) is 12.3 Å². The zero-order valence-electron chi connectivity index (χ0n) is 12.4. The third-order valence-electron chi connectivity index (χ3n) is 4.64. The van der Waals surface area contributed by atoms with Gasteiger partial charge in [0.1, 0.15) is 5.71 Å². The standard InChI is InChI=1S/C17H19N3O2/c21-15-14(12-5-2-1-3-6-12)18-17(19-15)9-4-10-20(11-17)16(22)13-7-8-13/h1-3,5-6,13H,4,7-11H2,(H,19,21)/t17-/m1/s1. The van der Waals surface area contributed by atoms with Crippen LogP contribution in [0.1, 0.15) is 31.2 Å². The van der Waals surface area contributed by atoms with Gasteiger partial charge in [-0.05, 0) is 25.7 Å². The first-order valence-electron chi connectivity index (χ1n) is 7.93. The average molecular weight is 297 g/mol. The van der Waals surface area contributed by atoms with Crippen LogP contribution >= 0.6 is 0 Å². The fraction of sp³-hybridized carbons (Fsp3) is 0.471. The summed E-state index contributed by atoms with van der Waals surface area (Å²) in [6, 6.07) is 9.52. The summed E-state index contributed by atoms with van der Waals surface area (Å²) in [6.45, 7) is 1.29. The first-order chi connectivity index (χ1) is 10.7. The van der Waals surface area contributed by atoms with Gasteiger partial charge in [-0.15, -0.1) is 0 Å². The zero-order chi connectivity index (χ0) is 15.2. The summed E-state index contributed by atoms with van der Waals surface area (Å²) >= 11 is 0. The van der Waals surface area contributed by atoms with E-state index in [1.807, 2.05) is 35.2 Å². The van der Waals surface area contributed by atoms with Crippen molar-refractivity contribution in [1.29, 1.82) is 0 Å². The molecule has 0 radical (unpaired) electrons. The summed E-state index contributed by atoms with van der Waals surface area (Å²) in [5, 5.41) is 3.03. The molecule has 0 aromatic heterocycles. The Kier molecular flexibility index (Phi) is 3.03. The molecule has 1 spiro atoms. The van der Waals surface area contributed by atoms with Crippen molar-refractivity contribution in [2.45, 2.75) is 31.3 Å². The minimum atomic E-state index is -0.620. The molecule has 5 nitrogen and oxygen atoms in total. The van der Waals surface area contributed by atoms with Gasteiger partial charge in [-0.25, -0.2) is 4.99 Å². The number of aliphatic imine (C=N–C) groups is 1. The molecule has 114 valence electrons. The highest BCUT2D eigenvalue weighted by Crippen LogP contribution is 2.34. The lowest BCUT2D eigenvalue weighted by Crippen LogP contribution is -2.56. The maximum atomic E-state index is 12.3. The average Bonchev–Trinajstić information content (AvgIpc) is 3.33. The third kappa shape index (κ3) is 2.30. The number of rotatable bonds is 2. The van der Waals surface area contributed by atoms with Crippen LogP contribution in [0.25, 0.3) is 0 Å². The van der Waals surface area contributed by atoms with Crippen LogP contribution in [0.2, 0.25) is 0 Å². The highest BCUT2D eigenvalue weighted by molar-refractivity contribution is 6.46. The molecule has 4 rings (SSSR count). The van der Waals surface area contributed by atoms with E-state index < -0.39 is 5.66 Å². The predicted molar refractivity (Wildman–Crippen MR) is 82.4 cm³/mol. The van der Waals surface area contributed by atoms with Crippen LogP contribution in [-0.2, 0) is 9.59 Å². The molecule has 1 atom stereocenters. The molecule has 1 aromatic carbocycles. The van der Waals surface area contributed by atoms with Crippen LogP contribution in [-0.4, -0.2) is 41.2 Å². The molecule has 1 aromatic rings. The van der Waals surface area contributed by atoms with Crippen molar-refractivity contribution in [1.82, 2.24) is 10.2 Å². The number of hydrogen-bond acceptors (Lipinski definition) is 3. The van der Waals surface area contributed by atoms with Crippen molar-refractivity contribution in [2.75, 3.05) is 13.1 Å². The van der Waals surface area contributed by atoms with Gasteiger partial charge in [0.2, 0.25) is 5.91 Å². The largest absolute Gasteiger partial charge is 0.338 e. The van der Waals surface area contributed by atoms with Crippen LogP contribution in [0.15, 0.2) is 35.3 Å². The summed E-state index contributed by atoms with van der Waals surface area (Å²) < 4.78 is 0. The summed E-state index contributed by atoms with van der Waals surface area (Å²) in [4.78, 5) is 31.2. The fourth-order valence-electron chi connectivity index (χ4n) is 3.36. The summed E-state index contributed by atoms with van der Waals surface area (Å²) in [5.41, 5.74) is 0.703. The molecule has 2 fully saturated rings. The Labute approximate surface area is 129 Å². The Hall–Kier alpha value is -2.17. The Balaban J connectivity index is 1.60. The molecule has 2 heterocycles. The van der Waals surface area contributed by atoms with Crippen LogP contribution in [0.3, 0.4) is 0 Å². The SMILES string of the molecule is O=C1N[C@@]2(CCCN(C(=O)C3CC3)C2)N=C1c1ccccc1. The third-order valence-corrected chi connectivity index (χ3v) is 4.64. The van der Waals surface area contributed by atoms with Crippen LogP contribution < -0.4 is 5.32 Å². The molecule has 1 saturated carbocycles. The Bertz CT molecular complexity index is 651. The highest BCUT2D eigenvalue weighted by atomic mass is 16.2. The lowest BCUT2D eigenvalue weighted by atomic mass is 9.99. The number of likely N-dealkylation sites (tertiary alicyclic amines) is 1. The lowest BCUT2D eigenvalue weighted by molar-refractivity contribution is -0.135. The van der Waals surface area contributed by atoms with Gasteiger partial charge in [0.15, 0.2) is 5.66 Å². The first-order valence-corrected chi connectivity index (χ1v) is 7.93. The number of carbonyl (C=O) groups excluding carboxylic acids is 2. The number of amides is 2. The summed E-state index contributed by atoms with van der Waals surface area (Å²) in [6.07, 6.45) is 3.69. The zero-order valence-corrected chi connectivity index (χ0v) is 12.4. The van der Waals surface area contributed by atoms with Crippen molar-refractivity contribution >= 4 is 17.5 Å². The Morgan fingerprint density at radius 2 is 2.05 bits per heavy atom. The molecule has 2 aliphatic heterocycles. The highest BCUT2D eigenvalue weighted by Gasteiger charge is 2.45. The van der Waals surface area contributed by atoms with E-state index in [-0.39, 0.29) is 17.7 Å². The topological polar surface area (TPSA) is 61.8 Å². The second kappa shape index (κ2) is 4.93. The molecule has 3 aliphatic rings. The van der Waals surface area contributed by atoms with E-state index in [9.17, 15) is 9.59 Å². The van der Waals surface area contributed by atoms with Gasteiger partial charge in [0, 0.05) is 18.0 Å². The smallest absolute Gasteiger partial charge is 0.272 e. The van der Waals surface area contributed by atoms with Crippen LogP contribution in [0, 0.1) is 5.92 Å². The minimum absolute atomic E-state index is 0.132. The number of nitrogens with zero attached hydrogens (tertiary/aromatic N) is 2. The molecular weight excluding hydrogens is 278 g/mol. The van der Waals surface area contributed by atoms with E-state index >= 15 is 0 Å². The van der Waals surface area contributed by atoms with E-state index in [1.54, 1.807) is 0 Å². The normalized spacial score (nSPS) is 27.7. The number of benzene rings is 1. The predicted octanol–water partition coefficient (Wildman–Crippen LogP) is 1.33. The lowest BCUT2D eigenvalue weighted by Gasteiger charge is -2.38. The van der Waals surface area contributed by atoms with Crippen molar-refractivity contribution in [3.8, 4) is 0 Å². The van der Waals surface area contributed by atoms with E-state index in [2.05, 4.69) is 5.32 Å². The van der Waals surface area contributed by atoms with Gasteiger partial charge >= 0.3 is 0 Å². The maximum absolute atomic E-state index is 12.3. The number of piperidine rings is 1. The molecule has 22 heavy (non-hydrogen) atoms. The Morgan fingerprint density at radius 1 is 1.27 bits per heavy atom. The molecule has 1 N–H and O–H groups in total. The van der Waals surface area contributed by atoms with Crippen molar-refractivity contribution in [3.63, 3.8) is 0 Å². The minimum Gasteiger partial charge on any atom is -0.338 e. The first kappa shape index (κ1) is 13.5. The van der Waals surface area contributed by atoms with Gasteiger partial charge in [0.05, 0.1) is 6.54 Å². The molecule has 5 heteroatoms. The van der Waals surface area contributed by atoms with Crippen molar-refractivity contribution in [3.05, 3.63) is 35.9 Å². The van der Waals surface area contributed by atoms with Crippen molar-refractivity contribution in [2.24, 2.45) is 10.9 Å². The summed E-state index contributed by atoms with van der Waals surface area (Å²) in [7, 11) is 0. The Morgan fingerprint density at radius 3 is 2.77 bits per heavy atom. The quantitative estimate of drug-likeness (QED) is 0.895. The molecule has 1 aliphatic carbocycles. The van der Waals surface area contributed by atoms with Crippen LogP contribution in [0.5, 0.6) is 0 Å². The number of nitrogens with one attached hydrogen (secondary N) is 1. The van der Waals surface area contributed by atoms with Crippen LogP contribution in [0.4, 0.5) is 0 Å². The molecule has 0 bridgehead atoms. The van der Waals surface area contributed by atoms with E-state index in [0.717, 1.165) is 37.8 Å². The number of hydrogen-bond donors (Lipinski definition) is 1. The summed E-state index contributed by atoms with van der Waals surface area (Å²) in [5.74, 6) is 0.313. The fourth-order valence-corrected chi connectivity index (χ4v) is 3.36. The molecule has 0 unspecified atom stereocenters. The molecular formula is C17H19N3O2. The van der Waals surface area contributed by atoms with Gasteiger partial charge < -0.3 is 10.2 Å². The maximum Gasteiger partial charge on any atom is 0.272 e. The van der Waals surface area contributed by atoms with Gasteiger partial charge in [0.25, 0.3) is 5.91 Å². The molecule has 1 saturated heterocycles.